The lowest BCUT2D eigenvalue weighted by molar-refractivity contribution is 0.607. The summed E-state index contributed by atoms with van der Waals surface area (Å²) < 4.78 is 0. The summed E-state index contributed by atoms with van der Waals surface area (Å²) in [6.07, 6.45) is 3.99. The van der Waals surface area contributed by atoms with E-state index in [1.54, 1.807) is 0 Å². The number of benzene rings is 1. The van der Waals surface area contributed by atoms with E-state index < -0.39 is 0 Å². The van der Waals surface area contributed by atoms with E-state index in [4.69, 9.17) is 0 Å². The molecule has 2 aromatic rings. The van der Waals surface area contributed by atoms with Crippen LogP contribution in [0.5, 0.6) is 0 Å². The fraction of sp³-hybridized carbons (Fsp3) is 0.357. The van der Waals surface area contributed by atoms with Gasteiger partial charge in [-0.3, -0.25) is 4.98 Å². The molecule has 0 radical (unpaired) electrons. The van der Waals surface area contributed by atoms with Crippen LogP contribution < -0.4 is 5.32 Å². The van der Waals surface area contributed by atoms with Crippen LogP contribution >= 0.6 is 11.8 Å². The predicted octanol–water partition coefficient (Wildman–Crippen LogP) is 3.25. The molecular formula is C14H18N2S. The van der Waals surface area contributed by atoms with Gasteiger partial charge in [-0.15, -0.1) is 0 Å². The van der Waals surface area contributed by atoms with E-state index in [0.717, 1.165) is 17.8 Å². The summed E-state index contributed by atoms with van der Waals surface area (Å²) in [4.78, 5) is 4.41. The number of nitrogens with zero attached hydrogens (tertiary/aromatic N) is 1. The first kappa shape index (κ1) is 12.4. The Morgan fingerprint density at radius 3 is 3.00 bits per heavy atom. The molecule has 90 valence electrons. The first-order valence-corrected chi connectivity index (χ1v) is 7.31. The fourth-order valence-corrected chi connectivity index (χ4v) is 2.63. The smallest absolute Gasteiger partial charge is 0.0705 e. The van der Waals surface area contributed by atoms with Crippen LogP contribution in [0, 0.1) is 0 Å². The van der Waals surface area contributed by atoms with Gasteiger partial charge in [0.15, 0.2) is 0 Å². The zero-order valence-corrected chi connectivity index (χ0v) is 11.1. The normalized spacial score (nSPS) is 12.8. The molecule has 0 aliphatic heterocycles. The summed E-state index contributed by atoms with van der Waals surface area (Å²) in [5.74, 6) is 1.09. The minimum Gasteiger partial charge on any atom is -0.310 e. The first-order chi connectivity index (χ1) is 8.35. The van der Waals surface area contributed by atoms with Crippen LogP contribution in [0.1, 0.15) is 18.5 Å². The Morgan fingerprint density at radius 2 is 2.24 bits per heavy atom. The highest BCUT2D eigenvalue weighted by Crippen LogP contribution is 2.21. The third kappa shape index (κ3) is 2.99. The Balaban J connectivity index is 2.32. The Morgan fingerprint density at radius 1 is 1.35 bits per heavy atom. The van der Waals surface area contributed by atoms with Crippen LogP contribution in [0.2, 0.25) is 0 Å². The quantitative estimate of drug-likeness (QED) is 0.876. The van der Waals surface area contributed by atoms with Crippen LogP contribution in [-0.4, -0.2) is 23.5 Å². The summed E-state index contributed by atoms with van der Waals surface area (Å²) in [5.41, 5.74) is 2.40. The van der Waals surface area contributed by atoms with Gasteiger partial charge < -0.3 is 5.32 Å². The maximum absolute atomic E-state index is 4.41. The number of aromatic nitrogens is 1. The molecule has 2 rings (SSSR count). The molecule has 2 nitrogen and oxygen atoms in total. The largest absolute Gasteiger partial charge is 0.310 e. The van der Waals surface area contributed by atoms with E-state index >= 15 is 0 Å². The predicted molar refractivity (Wildman–Crippen MR) is 76.5 cm³/mol. The van der Waals surface area contributed by atoms with E-state index in [-0.39, 0.29) is 0 Å². The second-order valence-corrected chi connectivity index (χ2v) is 4.93. The number of thioether (sulfide) groups is 1. The molecular weight excluding hydrogens is 228 g/mol. The SMILES string of the molecule is CCNC(CSC)c1ccc2cccnc2c1. The summed E-state index contributed by atoms with van der Waals surface area (Å²) in [7, 11) is 0. The van der Waals surface area contributed by atoms with Gasteiger partial charge in [0.2, 0.25) is 0 Å². The van der Waals surface area contributed by atoms with Crippen molar-refractivity contribution in [3.05, 3.63) is 42.1 Å². The number of rotatable bonds is 5. The van der Waals surface area contributed by atoms with E-state index in [2.05, 4.69) is 47.7 Å². The van der Waals surface area contributed by atoms with Gasteiger partial charge in [-0.1, -0.05) is 25.1 Å². The molecule has 1 unspecified atom stereocenters. The summed E-state index contributed by atoms with van der Waals surface area (Å²) in [6.45, 7) is 3.14. The fourth-order valence-electron chi connectivity index (χ4n) is 1.99. The molecule has 1 atom stereocenters. The highest BCUT2D eigenvalue weighted by atomic mass is 32.2. The monoisotopic (exact) mass is 246 g/mol. The number of fused-ring (bicyclic) bond motifs is 1. The van der Waals surface area contributed by atoms with Gasteiger partial charge in [0.1, 0.15) is 0 Å². The van der Waals surface area contributed by atoms with Gasteiger partial charge in [0.25, 0.3) is 0 Å². The molecule has 3 heteroatoms. The maximum Gasteiger partial charge on any atom is 0.0705 e. The molecule has 0 aliphatic carbocycles. The first-order valence-electron chi connectivity index (χ1n) is 5.92. The molecule has 1 N–H and O–H groups in total. The van der Waals surface area contributed by atoms with E-state index in [9.17, 15) is 0 Å². The lowest BCUT2D eigenvalue weighted by Crippen LogP contribution is -2.22. The van der Waals surface area contributed by atoms with Crippen molar-refractivity contribution in [1.29, 1.82) is 0 Å². The molecule has 0 saturated carbocycles. The van der Waals surface area contributed by atoms with Crippen molar-refractivity contribution in [3.63, 3.8) is 0 Å². The standard InChI is InChI=1S/C14H18N2S/c1-3-15-14(10-17-2)12-7-6-11-5-4-8-16-13(11)9-12/h4-9,14-15H,3,10H2,1-2H3. The molecule has 0 saturated heterocycles. The van der Waals surface area contributed by atoms with Gasteiger partial charge in [-0.2, -0.15) is 11.8 Å². The Hall–Kier alpha value is -1.06. The van der Waals surface area contributed by atoms with Crippen LogP contribution in [0.15, 0.2) is 36.5 Å². The van der Waals surface area contributed by atoms with Crippen molar-refractivity contribution in [1.82, 2.24) is 10.3 Å². The van der Waals surface area contributed by atoms with Gasteiger partial charge in [0, 0.05) is 23.4 Å². The Kier molecular flexibility index (Phi) is 4.40. The van der Waals surface area contributed by atoms with Gasteiger partial charge in [0.05, 0.1) is 5.52 Å². The molecule has 0 spiro atoms. The molecule has 1 aromatic carbocycles. The van der Waals surface area contributed by atoms with Crippen LogP contribution in [0.4, 0.5) is 0 Å². The Bertz CT molecular complexity index is 478. The van der Waals surface area contributed by atoms with E-state index in [1.807, 2.05) is 24.0 Å². The molecule has 0 fully saturated rings. The maximum atomic E-state index is 4.41. The minimum absolute atomic E-state index is 0.418. The van der Waals surface area contributed by atoms with Crippen molar-refractivity contribution in [2.45, 2.75) is 13.0 Å². The molecule has 17 heavy (non-hydrogen) atoms. The highest BCUT2D eigenvalue weighted by molar-refractivity contribution is 7.98. The average molecular weight is 246 g/mol. The van der Waals surface area contributed by atoms with Crippen molar-refractivity contribution >= 4 is 22.7 Å². The molecule has 0 aliphatic rings. The zero-order chi connectivity index (χ0) is 12.1. The number of hydrogen-bond donors (Lipinski definition) is 1. The summed E-state index contributed by atoms with van der Waals surface area (Å²) in [6, 6.07) is 11.0. The van der Waals surface area contributed by atoms with Crippen molar-refractivity contribution in [2.75, 3.05) is 18.6 Å². The number of nitrogens with one attached hydrogen (secondary N) is 1. The minimum atomic E-state index is 0.418. The second kappa shape index (κ2) is 6.03. The molecule has 1 heterocycles. The van der Waals surface area contributed by atoms with Gasteiger partial charge in [-0.05, 0) is 30.5 Å². The van der Waals surface area contributed by atoms with Gasteiger partial charge >= 0.3 is 0 Å². The highest BCUT2D eigenvalue weighted by Gasteiger charge is 2.09. The number of pyridine rings is 1. The summed E-state index contributed by atoms with van der Waals surface area (Å²) in [5, 5.41) is 4.72. The van der Waals surface area contributed by atoms with Gasteiger partial charge in [-0.25, -0.2) is 0 Å². The topological polar surface area (TPSA) is 24.9 Å². The summed E-state index contributed by atoms with van der Waals surface area (Å²) >= 11 is 1.87. The Labute approximate surface area is 107 Å². The van der Waals surface area contributed by atoms with Crippen molar-refractivity contribution in [2.24, 2.45) is 0 Å². The molecule has 0 amide bonds. The number of hydrogen-bond acceptors (Lipinski definition) is 3. The van der Waals surface area contributed by atoms with E-state index in [0.29, 0.717) is 6.04 Å². The second-order valence-electron chi connectivity index (χ2n) is 4.02. The molecule has 0 bridgehead atoms. The lowest BCUT2D eigenvalue weighted by Gasteiger charge is -2.17. The molecule has 1 aromatic heterocycles. The zero-order valence-electron chi connectivity index (χ0n) is 10.3. The average Bonchev–Trinajstić information content (AvgIpc) is 2.38. The lowest BCUT2D eigenvalue weighted by atomic mass is 10.1. The third-order valence-corrected chi connectivity index (χ3v) is 3.48. The van der Waals surface area contributed by atoms with Crippen LogP contribution in [-0.2, 0) is 0 Å². The van der Waals surface area contributed by atoms with Crippen molar-refractivity contribution < 1.29 is 0 Å². The van der Waals surface area contributed by atoms with Crippen molar-refractivity contribution in [3.8, 4) is 0 Å². The van der Waals surface area contributed by atoms with Crippen LogP contribution in [0.3, 0.4) is 0 Å². The third-order valence-electron chi connectivity index (χ3n) is 2.82. The van der Waals surface area contributed by atoms with E-state index in [1.165, 1.54) is 10.9 Å². The van der Waals surface area contributed by atoms with Crippen LogP contribution in [0.25, 0.3) is 10.9 Å².